The first-order valence-corrected chi connectivity index (χ1v) is 7.38. The molecule has 1 saturated heterocycles. The Labute approximate surface area is 109 Å². The average Bonchev–Trinajstić information content (AvgIpc) is 2.99. The summed E-state index contributed by atoms with van der Waals surface area (Å²) >= 11 is 0. The van der Waals surface area contributed by atoms with Crippen molar-refractivity contribution in [1.82, 2.24) is 4.90 Å². The van der Waals surface area contributed by atoms with Crippen molar-refractivity contribution in [2.45, 2.75) is 68.9 Å². The molecular weight excluding hydrogens is 230 g/mol. The predicted molar refractivity (Wildman–Crippen MR) is 68.3 cm³/mol. The number of nitrogens with zero attached hydrogens (tertiary/aromatic N) is 1. The molecule has 104 valence electrons. The molecule has 2 unspecified atom stereocenters. The highest BCUT2D eigenvalue weighted by Crippen LogP contribution is 2.38. The lowest BCUT2D eigenvalue weighted by Gasteiger charge is -2.41. The number of ether oxygens (including phenoxy) is 2. The predicted octanol–water partition coefficient (Wildman–Crippen LogP) is 1.52. The minimum absolute atomic E-state index is 0.120. The number of hydrogen-bond acceptors (Lipinski definition) is 4. The lowest BCUT2D eigenvalue weighted by atomic mass is 9.88. The molecule has 1 aliphatic heterocycles. The van der Waals surface area contributed by atoms with Crippen LogP contribution in [0.15, 0.2) is 0 Å². The van der Waals surface area contributed by atoms with Gasteiger partial charge in [0.25, 0.3) is 0 Å². The highest BCUT2D eigenvalue weighted by molar-refractivity contribution is 4.91. The van der Waals surface area contributed by atoms with E-state index >= 15 is 0 Å². The number of aliphatic hydroxyl groups excluding tert-OH is 1. The van der Waals surface area contributed by atoms with Crippen molar-refractivity contribution < 1.29 is 14.6 Å². The molecule has 0 aromatic rings. The maximum atomic E-state index is 10.0. The van der Waals surface area contributed by atoms with Crippen LogP contribution in [0, 0.1) is 0 Å². The van der Waals surface area contributed by atoms with E-state index in [1.165, 1.54) is 6.42 Å². The third-order valence-corrected chi connectivity index (χ3v) is 5.07. The smallest absolute Gasteiger partial charge is 0.168 e. The summed E-state index contributed by atoms with van der Waals surface area (Å²) in [7, 11) is 2.18. The van der Waals surface area contributed by atoms with Crippen LogP contribution in [0.2, 0.25) is 0 Å². The lowest BCUT2D eigenvalue weighted by molar-refractivity contribution is -0.184. The summed E-state index contributed by atoms with van der Waals surface area (Å²) in [5, 5.41) is 10.0. The fourth-order valence-electron chi connectivity index (χ4n) is 3.90. The van der Waals surface area contributed by atoms with Crippen molar-refractivity contribution in [2.75, 3.05) is 20.3 Å². The van der Waals surface area contributed by atoms with E-state index in [-0.39, 0.29) is 11.9 Å². The molecule has 0 radical (unpaired) electrons. The third-order valence-electron chi connectivity index (χ3n) is 5.07. The van der Waals surface area contributed by atoms with Gasteiger partial charge in [-0.1, -0.05) is 0 Å². The van der Waals surface area contributed by atoms with Gasteiger partial charge in [-0.2, -0.15) is 0 Å². The van der Waals surface area contributed by atoms with E-state index in [9.17, 15) is 5.11 Å². The normalized spacial score (nSPS) is 36.8. The highest BCUT2D eigenvalue weighted by Gasteiger charge is 2.42. The zero-order valence-electron chi connectivity index (χ0n) is 11.3. The Kier molecular flexibility index (Phi) is 3.63. The van der Waals surface area contributed by atoms with E-state index in [0.717, 1.165) is 51.7 Å². The van der Waals surface area contributed by atoms with Gasteiger partial charge in [0.05, 0.1) is 19.3 Å². The van der Waals surface area contributed by atoms with Crippen LogP contribution < -0.4 is 0 Å². The maximum Gasteiger partial charge on any atom is 0.168 e. The second-order valence-electron chi connectivity index (χ2n) is 6.07. The molecule has 2 saturated carbocycles. The van der Waals surface area contributed by atoms with Crippen LogP contribution in [0.25, 0.3) is 0 Å². The van der Waals surface area contributed by atoms with Gasteiger partial charge in [-0.25, -0.2) is 0 Å². The Morgan fingerprint density at radius 1 is 1.06 bits per heavy atom. The van der Waals surface area contributed by atoms with Gasteiger partial charge in [-0.3, -0.25) is 4.90 Å². The summed E-state index contributed by atoms with van der Waals surface area (Å²) in [6.45, 7) is 1.50. The van der Waals surface area contributed by atoms with Gasteiger partial charge in [-0.05, 0) is 39.2 Å². The standard InChI is InChI=1S/C14H25NO3/c1-15(12-3-2-4-13(12)16)11-5-7-14(8-6-11)17-9-10-18-14/h11-13,16H,2-10H2,1H3. The lowest BCUT2D eigenvalue weighted by Crippen LogP contribution is -2.48. The first-order chi connectivity index (χ1) is 8.70. The Hall–Kier alpha value is -0.160. The van der Waals surface area contributed by atoms with Crippen molar-refractivity contribution in [3.63, 3.8) is 0 Å². The molecule has 4 heteroatoms. The van der Waals surface area contributed by atoms with Crippen LogP contribution in [0.1, 0.15) is 44.9 Å². The van der Waals surface area contributed by atoms with Crippen LogP contribution in [0.3, 0.4) is 0 Å². The zero-order valence-corrected chi connectivity index (χ0v) is 11.3. The quantitative estimate of drug-likeness (QED) is 0.812. The van der Waals surface area contributed by atoms with E-state index in [2.05, 4.69) is 11.9 Å². The second kappa shape index (κ2) is 5.08. The minimum atomic E-state index is -0.258. The fraction of sp³-hybridized carbons (Fsp3) is 1.00. The Balaban J connectivity index is 1.55. The van der Waals surface area contributed by atoms with Crippen LogP contribution in [0.4, 0.5) is 0 Å². The molecule has 2 aliphatic carbocycles. The van der Waals surface area contributed by atoms with Gasteiger partial charge < -0.3 is 14.6 Å². The van der Waals surface area contributed by atoms with Gasteiger partial charge in [0.2, 0.25) is 0 Å². The number of likely N-dealkylation sites (N-methyl/N-ethyl adjacent to an activating group) is 1. The molecule has 1 heterocycles. The Bertz CT molecular complexity index is 281. The molecular formula is C14H25NO3. The van der Waals surface area contributed by atoms with Gasteiger partial charge in [0.15, 0.2) is 5.79 Å². The fourth-order valence-corrected chi connectivity index (χ4v) is 3.90. The van der Waals surface area contributed by atoms with Crippen molar-refractivity contribution in [3.8, 4) is 0 Å². The van der Waals surface area contributed by atoms with Crippen molar-refractivity contribution in [3.05, 3.63) is 0 Å². The minimum Gasteiger partial charge on any atom is -0.391 e. The summed E-state index contributed by atoms with van der Waals surface area (Å²) in [6.07, 6.45) is 7.42. The summed E-state index contributed by atoms with van der Waals surface area (Å²) in [6, 6.07) is 0.954. The molecule has 0 bridgehead atoms. The molecule has 1 spiro atoms. The molecule has 18 heavy (non-hydrogen) atoms. The Morgan fingerprint density at radius 3 is 2.28 bits per heavy atom. The van der Waals surface area contributed by atoms with Gasteiger partial charge in [0.1, 0.15) is 0 Å². The van der Waals surface area contributed by atoms with Crippen molar-refractivity contribution in [1.29, 1.82) is 0 Å². The van der Waals surface area contributed by atoms with Crippen molar-refractivity contribution in [2.24, 2.45) is 0 Å². The highest BCUT2D eigenvalue weighted by atomic mass is 16.7. The molecule has 3 rings (SSSR count). The van der Waals surface area contributed by atoms with Gasteiger partial charge in [-0.15, -0.1) is 0 Å². The van der Waals surface area contributed by atoms with E-state index in [1.807, 2.05) is 0 Å². The van der Waals surface area contributed by atoms with E-state index in [0.29, 0.717) is 12.1 Å². The number of aliphatic hydroxyl groups is 1. The third kappa shape index (κ3) is 2.31. The summed E-state index contributed by atoms with van der Waals surface area (Å²) in [5.41, 5.74) is 0. The van der Waals surface area contributed by atoms with Crippen LogP contribution in [-0.4, -0.2) is 54.2 Å². The molecule has 3 aliphatic rings. The first kappa shape index (κ1) is 12.9. The first-order valence-electron chi connectivity index (χ1n) is 7.38. The maximum absolute atomic E-state index is 10.0. The monoisotopic (exact) mass is 255 g/mol. The van der Waals surface area contributed by atoms with Crippen molar-refractivity contribution >= 4 is 0 Å². The van der Waals surface area contributed by atoms with E-state index < -0.39 is 0 Å². The molecule has 0 aromatic carbocycles. The largest absolute Gasteiger partial charge is 0.391 e. The van der Waals surface area contributed by atoms with Crippen LogP contribution in [0.5, 0.6) is 0 Å². The molecule has 1 N–H and O–H groups in total. The summed E-state index contributed by atoms with van der Waals surface area (Å²) in [4.78, 5) is 2.42. The van der Waals surface area contributed by atoms with Crippen LogP contribution in [-0.2, 0) is 9.47 Å². The van der Waals surface area contributed by atoms with E-state index in [4.69, 9.17) is 9.47 Å². The SMILES string of the molecule is CN(C1CCC2(CC1)OCCO2)C1CCCC1O. The zero-order chi connectivity index (χ0) is 12.6. The van der Waals surface area contributed by atoms with Crippen LogP contribution >= 0.6 is 0 Å². The molecule has 4 nitrogen and oxygen atoms in total. The van der Waals surface area contributed by atoms with Gasteiger partial charge >= 0.3 is 0 Å². The summed E-state index contributed by atoms with van der Waals surface area (Å²) in [5.74, 6) is -0.258. The number of hydrogen-bond donors (Lipinski definition) is 1. The molecule has 0 aromatic heterocycles. The Morgan fingerprint density at radius 2 is 1.72 bits per heavy atom. The van der Waals surface area contributed by atoms with Gasteiger partial charge in [0, 0.05) is 24.9 Å². The summed E-state index contributed by atoms with van der Waals surface area (Å²) < 4.78 is 11.5. The molecule has 3 fully saturated rings. The molecule has 0 amide bonds. The topological polar surface area (TPSA) is 41.9 Å². The number of rotatable bonds is 2. The average molecular weight is 255 g/mol. The molecule has 2 atom stereocenters. The van der Waals surface area contributed by atoms with E-state index in [1.54, 1.807) is 0 Å². The second-order valence-corrected chi connectivity index (χ2v) is 6.07.